The number of aromatic nitrogens is 3. The summed E-state index contributed by atoms with van der Waals surface area (Å²) in [5, 5.41) is 5.50. The quantitative estimate of drug-likeness (QED) is 0.628. The van der Waals surface area contributed by atoms with Gasteiger partial charge in [-0.05, 0) is 30.3 Å². The van der Waals surface area contributed by atoms with Crippen LogP contribution in [0, 0.1) is 0 Å². The van der Waals surface area contributed by atoms with Crippen LogP contribution in [0.5, 0.6) is 5.75 Å². The molecule has 1 saturated heterocycles. The summed E-state index contributed by atoms with van der Waals surface area (Å²) in [6, 6.07) is 9.53. The van der Waals surface area contributed by atoms with Crippen LogP contribution in [0.25, 0.3) is 11.3 Å². The smallest absolute Gasteiger partial charge is 0.281 e. The summed E-state index contributed by atoms with van der Waals surface area (Å²) in [6.07, 6.45) is 3.51. The average Bonchev–Trinajstić information content (AvgIpc) is 3.23. The lowest BCUT2D eigenvalue weighted by Crippen LogP contribution is -3.15. The number of quaternary nitrogens is 1. The Morgan fingerprint density at radius 2 is 1.93 bits per heavy atom. The van der Waals surface area contributed by atoms with E-state index in [0.29, 0.717) is 11.7 Å². The summed E-state index contributed by atoms with van der Waals surface area (Å²) in [7, 11) is 1.64. The molecule has 0 aliphatic carbocycles. The fourth-order valence-corrected chi connectivity index (χ4v) is 4.01. The first kappa shape index (κ1) is 19.3. The molecule has 0 atom stereocenters. The molecule has 1 aliphatic rings. The van der Waals surface area contributed by atoms with Crippen LogP contribution in [-0.2, 0) is 4.79 Å². The molecule has 3 aromatic rings. The monoisotopic (exact) mass is 411 g/mol. The van der Waals surface area contributed by atoms with Crippen molar-refractivity contribution in [2.45, 2.75) is 0 Å². The van der Waals surface area contributed by atoms with Gasteiger partial charge in [0.1, 0.15) is 5.75 Å². The van der Waals surface area contributed by atoms with E-state index in [2.05, 4.69) is 25.2 Å². The molecular formula is C20H23N6O2S+. The molecule has 8 nitrogen and oxygen atoms in total. The summed E-state index contributed by atoms with van der Waals surface area (Å²) in [5.74, 6) is 1.55. The van der Waals surface area contributed by atoms with Crippen LogP contribution in [0.3, 0.4) is 0 Å². The highest BCUT2D eigenvalue weighted by atomic mass is 32.1. The Morgan fingerprint density at radius 1 is 1.21 bits per heavy atom. The fraction of sp³-hybridized carbons (Fsp3) is 0.300. The standard InChI is InChI=1S/C20H22N6O2S/c1-28-16-5-3-15(4-6-16)17-14-29-20(23-17)24-18(27)13-25-9-11-26(12-10-25)19-21-7-2-8-22-19/h2-8,14H,9-13H2,1H3,(H,23,24,27)/p+1. The van der Waals surface area contributed by atoms with Gasteiger partial charge < -0.3 is 14.5 Å². The van der Waals surface area contributed by atoms with E-state index in [0.717, 1.165) is 49.1 Å². The van der Waals surface area contributed by atoms with Gasteiger partial charge in [0.2, 0.25) is 5.95 Å². The number of ether oxygens (including phenoxy) is 1. The van der Waals surface area contributed by atoms with Crippen LogP contribution >= 0.6 is 11.3 Å². The molecule has 1 aromatic carbocycles. The Bertz CT molecular complexity index is 939. The molecule has 0 radical (unpaired) electrons. The van der Waals surface area contributed by atoms with Crippen LogP contribution in [0.15, 0.2) is 48.1 Å². The number of piperazine rings is 1. The number of methoxy groups -OCH3 is 1. The molecule has 0 spiro atoms. The Labute approximate surface area is 173 Å². The van der Waals surface area contributed by atoms with Crippen molar-refractivity contribution in [3.05, 3.63) is 48.1 Å². The molecule has 2 N–H and O–H groups in total. The first-order chi connectivity index (χ1) is 14.2. The van der Waals surface area contributed by atoms with Gasteiger partial charge in [-0.1, -0.05) is 0 Å². The van der Waals surface area contributed by atoms with Crippen LogP contribution in [0.4, 0.5) is 11.1 Å². The number of hydrogen-bond donors (Lipinski definition) is 2. The molecule has 29 heavy (non-hydrogen) atoms. The van der Waals surface area contributed by atoms with E-state index in [1.54, 1.807) is 19.5 Å². The van der Waals surface area contributed by atoms with Crippen molar-refractivity contribution >= 4 is 28.3 Å². The molecule has 0 saturated carbocycles. The minimum absolute atomic E-state index is 0.0138. The van der Waals surface area contributed by atoms with E-state index in [1.807, 2.05) is 35.7 Å². The SMILES string of the molecule is COc1ccc(-c2csc(NC(=O)C[NH+]3CCN(c4ncccn4)CC3)n2)cc1. The normalized spacial score (nSPS) is 14.6. The number of carbonyl (C=O) groups is 1. The minimum Gasteiger partial charge on any atom is -0.497 e. The van der Waals surface area contributed by atoms with E-state index in [-0.39, 0.29) is 5.91 Å². The third kappa shape index (κ3) is 4.87. The minimum atomic E-state index is -0.0138. The molecule has 150 valence electrons. The highest BCUT2D eigenvalue weighted by Crippen LogP contribution is 2.26. The Balaban J connectivity index is 1.27. The number of amides is 1. The lowest BCUT2D eigenvalue weighted by molar-refractivity contribution is -0.892. The van der Waals surface area contributed by atoms with Crippen molar-refractivity contribution in [2.24, 2.45) is 0 Å². The number of benzene rings is 1. The fourth-order valence-electron chi connectivity index (χ4n) is 3.27. The van der Waals surface area contributed by atoms with Crippen LogP contribution < -0.4 is 19.9 Å². The van der Waals surface area contributed by atoms with Crippen molar-refractivity contribution in [3.63, 3.8) is 0 Å². The zero-order valence-corrected chi connectivity index (χ0v) is 17.0. The number of rotatable bonds is 6. The zero-order chi connectivity index (χ0) is 20.1. The summed E-state index contributed by atoms with van der Waals surface area (Å²) in [4.78, 5) is 29.0. The van der Waals surface area contributed by atoms with Gasteiger partial charge in [0.25, 0.3) is 5.91 Å². The molecule has 1 amide bonds. The Kier molecular flexibility index (Phi) is 5.97. The predicted octanol–water partition coefficient (Wildman–Crippen LogP) is 0.952. The van der Waals surface area contributed by atoms with Gasteiger partial charge in [0.05, 0.1) is 39.0 Å². The summed E-state index contributed by atoms with van der Waals surface area (Å²) in [5.41, 5.74) is 1.84. The van der Waals surface area contributed by atoms with Crippen molar-refractivity contribution in [1.82, 2.24) is 15.0 Å². The van der Waals surface area contributed by atoms with Crippen molar-refractivity contribution < 1.29 is 14.4 Å². The van der Waals surface area contributed by atoms with Crippen LogP contribution in [0.1, 0.15) is 0 Å². The topological polar surface area (TPSA) is 84.7 Å². The second-order valence-electron chi connectivity index (χ2n) is 6.78. The largest absolute Gasteiger partial charge is 0.497 e. The summed E-state index contributed by atoms with van der Waals surface area (Å²) < 4.78 is 5.18. The van der Waals surface area contributed by atoms with Crippen molar-refractivity contribution in [3.8, 4) is 17.0 Å². The first-order valence-corrected chi connectivity index (χ1v) is 10.3. The van der Waals surface area contributed by atoms with E-state index < -0.39 is 0 Å². The molecule has 0 bridgehead atoms. The second kappa shape index (κ2) is 8.97. The molecule has 4 rings (SSSR count). The maximum atomic E-state index is 12.4. The summed E-state index contributed by atoms with van der Waals surface area (Å²) >= 11 is 1.43. The van der Waals surface area contributed by atoms with Gasteiger partial charge in [-0.15, -0.1) is 11.3 Å². The molecule has 0 unspecified atom stereocenters. The lowest BCUT2D eigenvalue weighted by atomic mass is 10.2. The molecule has 1 aliphatic heterocycles. The molecule has 1 fully saturated rings. The van der Waals surface area contributed by atoms with Crippen molar-refractivity contribution in [1.29, 1.82) is 0 Å². The first-order valence-electron chi connectivity index (χ1n) is 9.46. The number of hydrogen-bond acceptors (Lipinski definition) is 7. The van der Waals surface area contributed by atoms with E-state index >= 15 is 0 Å². The molecule has 9 heteroatoms. The average molecular weight is 412 g/mol. The Hall–Kier alpha value is -3.04. The summed E-state index contributed by atoms with van der Waals surface area (Å²) in [6.45, 7) is 3.86. The van der Waals surface area contributed by atoms with Gasteiger partial charge in [-0.25, -0.2) is 15.0 Å². The molecule has 2 aromatic heterocycles. The highest BCUT2D eigenvalue weighted by Gasteiger charge is 2.23. The highest BCUT2D eigenvalue weighted by molar-refractivity contribution is 7.14. The van der Waals surface area contributed by atoms with Gasteiger partial charge >= 0.3 is 0 Å². The third-order valence-corrected chi connectivity index (χ3v) is 5.61. The van der Waals surface area contributed by atoms with Gasteiger partial charge in [0.15, 0.2) is 11.7 Å². The maximum Gasteiger partial charge on any atom is 0.281 e. The van der Waals surface area contributed by atoms with Crippen LogP contribution in [0.2, 0.25) is 0 Å². The second-order valence-corrected chi connectivity index (χ2v) is 7.64. The predicted molar refractivity (Wildman–Crippen MR) is 113 cm³/mol. The number of thiazole rings is 1. The molecule has 3 heterocycles. The van der Waals surface area contributed by atoms with Crippen LogP contribution in [-0.4, -0.2) is 60.7 Å². The van der Waals surface area contributed by atoms with Gasteiger partial charge in [0, 0.05) is 23.3 Å². The van der Waals surface area contributed by atoms with Gasteiger partial charge in [-0.3, -0.25) is 10.1 Å². The zero-order valence-electron chi connectivity index (χ0n) is 16.2. The lowest BCUT2D eigenvalue weighted by Gasteiger charge is -2.31. The van der Waals surface area contributed by atoms with E-state index in [9.17, 15) is 4.79 Å². The van der Waals surface area contributed by atoms with E-state index in [1.165, 1.54) is 16.2 Å². The maximum absolute atomic E-state index is 12.4. The number of anilines is 2. The van der Waals surface area contributed by atoms with Gasteiger partial charge in [-0.2, -0.15) is 0 Å². The third-order valence-electron chi connectivity index (χ3n) is 4.85. The van der Waals surface area contributed by atoms with E-state index in [4.69, 9.17) is 4.74 Å². The van der Waals surface area contributed by atoms with Crippen molar-refractivity contribution in [2.75, 3.05) is 50.1 Å². The molecular weight excluding hydrogens is 388 g/mol. The Morgan fingerprint density at radius 3 is 2.62 bits per heavy atom. The number of carbonyl (C=O) groups excluding carboxylic acids is 1. The number of nitrogens with one attached hydrogen (secondary N) is 2. The number of nitrogens with zero attached hydrogens (tertiary/aromatic N) is 4.